The third-order valence-electron chi connectivity index (χ3n) is 2.28. The first-order chi connectivity index (χ1) is 7.67. The largest absolute Gasteiger partial charge is 0.449 e. The number of alkyl carbamates (subject to hydrolysis) is 1. The maximum atomic E-state index is 11.2. The lowest BCUT2D eigenvalue weighted by molar-refractivity contribution is 0.107. The van der Waals surface area contributed by atoms with Gasteiger partial charge in [-0.05, 0) is 13.5 Å². The second-order valence-corrected chi connectivity index (χ2v) is 3.64. The van der Waals surface area contributed by atoms with Gasteiger partial charge in [0.15, 0.2) is 0 Å². The first-order valence-electron chi connectivity index (χ1n) is 5.47. The highest BCUT2D eigenvalue weighted by Crippen LogP contribution is 2.01. The van der Waals surface area contributed by atoms with Crippen LogP contribution in [0.2, 0.25) is 0 Å². The summed E-state index contributed by atoms with van der Waals surface area (Å²) in [5.74, 6) is 0.275. The van der Waals surface area contributed by atoms with Gasteiger partial charge in [0, 0.05) is 12.5 Å². The van der Waals surface area contributed by atoms with E-state index in [1.807, 2.05) is 14.0 Å². The van der Waals surface area contributed by atoms with Crippen molar-refractivity contribution in [2.75, 3.05) is 33.4 Å². The van der Waals surface area contributed by atoms with Gasteiger partial charge in [-0.25, -0.2) is 4.79 Å². The number of aliphatic hydroxyl groups excluding tert-OH is 2. The third kappa shape index (κ3) is 6.60. The molecule has 0 aliphatic heterocycles. The van der Waals surface area contributed by atoms with Gasteiger partial charge in [-0.1, -0.05) is 6.92 Å². The number of carbonyl (C=O) groups is 1. The Morgan fingerprint density at radius 2 is 2.00 bits per heavy atom. The van der Waals surface area contributed by atoms with Crippen LogP contribution < -0.4 is 10.6 Å². The van der Waals surface area contributed by atoms with E-state index in [1.165, 1.54) is 0 Å². The van der Waals surface area contributed by atoms with E-state index >= 15 is 0 Å². The average molecular weight is 234 g/mol. The van der Waals surface area contributed by atoms with Crippen LogP contribution in [0.4, 0.5) is 4.79 Å². The highest BCUT2D eigenvalue weighted by atomic mass is 16.5. The van der Waals surface area contributed by atoms with Crippen LogP contribution in [0, 0.1) is 5.92 Å². The summed E-state index contributed by atoms with van der Waals surface area (Å²) in [6.45, 7) is 2.52. The van der Waals surface area contributed by atoms with E-state index in [-0.39, 0.29) is 19.1 Å². The van der Waals surface area contributed by atoms with Gasteiger partial charge in [-0.3, -0.25) is 0 Å². The number of amides is 1. The molecule has 0 aliphatic carbocycles. The predicted octanol–water partition coefficient (Wildman–Crippen LogP) is -0.689. The second-order valence-electron chi connectivity index (χ2n) is 3.64. The number of hydrogen-bond donors (Lipinski definition) is 4. The molecule has 0 aromatic carbocycles. The second kappa shape index (κ2) is 9.38. The maximum Gasteiger partial charge on any atom is 0.407 e. The van der Waals surface area contributed by atoms with E-state index in [9.17, 15) is 4.79 Å². The molecule has 0 spiro atoms. The molecular formula is C10H22N2O4. The van der Waals surface area contributed by atoms with Gasteiger partial charge in [0.1, 0.15) is 0 Å². The van der Waals surface area contributed by atoms with Crippen LogP contribution in [0.3, 0.4) is 0 Å². The molecule has 1 unspecified atom stereocenters. The molecule has 0 fully saturated rings. The van der Waals surface area contributed by atoms with E-state index in [4.69, 9.17) is 14.9 Å². The maximum absolute atomic E-state index is 11.2. The van der Waals surface area contributed by atoms with Crippen LogP contribution in [0.1, 0.15) is 13.3 Å². The zero-order valence-electron chi connectivity index (χ0n) is 9.90. The molecule has 0 aromatic heterocycles. The summed E-state index contributed by atoms with van der Waals surface area (Å²) in [7, 11) is 1.84. The van der Waals surface area contributed by atoms with E-state index < -0.39 is 12.1 Å². The Bertz CT molecular complexity index is 186. The Kier molecular flexibility index (Phi) is 8.88. The Labute approximate surface area is 96.0 Å². The van der Waals surface area contributed by atoms with Crippen molar-refractivity contribution in [2.45, 2.75) is 19.4 Å². The van der Waals surface area contributed by atoms with Gasteiger partial charge in [0.05, 0.1) is 25.9 Å². The van der Waals surface area contributed by atoms with Crippen molar-refractivity contribution >= 4 is 6.09 Å². The van der Waals surface area contributed by atoms with Crippen molar-refractivity contribution in [1.82, 2.24) is 10.6 Å². The van der Waals surface area contributed by atoms with Crippen LogP contribution in [0.25, 0.3) is 0 Å². The Morgan fingerprint density at radius 3 is 2.44 bits per heavy atom. The first kappa shape index (κ1) is 15.2. The molecule has 0 bridgehead atoms. The van der Waals surface area contributed by atoms with Crippen LogP contribution in [-0.4, -0.2) is 55.8 Å². The lowest BCUT2D eigenvalue weighted by Gasteiger charge is -2.17. The van der Waals surface area contributed by atoms with Gasteiger partial charge in [-0.2, -0.15) is 0 Å². The lowest BCUT2D eigenvalue weighted by Crippen LogP contribution is -2.41. The van der Waals surface area contributed by atoms with Gasteiger partial charge in [0.25, 0.3) is 0 Å². The number of ether oxygens (including phenoxy) is 1. The van der Waals surface area contributed by atoms with Crippen molar-refractivity contribution < 1.29 is 19.7 Å². The summed E-state index contributed by atoms with van der Waals surface area (Å²) in [4.78, 5) is 11.2. The minimum absolute atomic E-state index is 0.275. The summed E-state index contributed by atoms with van der Waals surface area (Å²) in [6.07, 6.45) is 0.306. The molecule has 0 heterocycles. The highest BCUT2D eigenvalue weighted by Gasteiger charge is 2.13. The molecule has 0 aromatic rings. The minimum atomic E-state index is -0.656. The smallest absolute Gasteiger partial charge is 0.407 e. The molecule has 0 saturated heterocycles. The van der Waals surface area contributed by atoms with Crippen molar-refractivity contribution in [3.05, 3.63) is 0 Å². The van der Waals surface area contributed by atoms with E-state index in [0.717, 1.165) is 13.0 Å². The number of rotatable bonds is 8. The molecule has 6 nitrogen and oxygen atoms in total. The fourth-order valence-corrected chi connectivity index (χ4v) is 1.16. The van der Waals surface area contributed by atoms with Crippen LogP contribution in [0.5, 0.6) is 0 Å². The molecule has 0 radical (unpaired) electrons. The molecule has 1 atom stereocenters. The Morgan fingerprint density at radius 1 is 1.38 bits per heavy atom. The van der Waals surface area contributed by atoms with Gasteiger partial charge >= 0.3 is 6.09 Å². The van der Waals surface area contributed by atoms with E-state index in [0.29, 0.717) is 6.61 Å². The van der Waals surface area contributed by atoms with Crippen LogP contribution in [-0.2, 0) is 4.74 Å². The number of hydrogen-bond acceptors (Lipinski definition) is 5. The number of carbonyl (C=O) groups excluding carboxylic acids is 1. The summed E-state index contributed by atoms with van der Waals surface area (Å²) in [5, 5.41) is 22.9. The fraction of sp³-hybridized carbons (Fsp3) is 0.900. The molecule has 0 aliphatic rings. The average Bonchev–Trinajstić information content (AvgIpc) is 2.31. The monoisotopic (exact) mass is 234 g/mol. The van der Waals surface area contributed by atoms with Crippen molar-refractivity contribution in [3.8, 4) is 0 Å². The lowest BCUT2D eigenvalue weighted by atomic mass is 10.1. The molecule has 96 valence electrons. The predicted molar refractivity (Wildman–Crippen MR) is 60.2 cm³/mol. The summed E-state index contributed by atoms with van der Waals surface area (Å²) in [5.41, 5.74) is 0. The van der Waals surface area contributed by atoms with E-state index in [2.05, 4.69) is 10.6 Å². The summed E-state index contributed by atoms with van der Waals surface area (Å²) >= 11 is 0. The van der Waals surface area contributed by atoms with Gasteiger partial charge in [-0.15, -0.1) is 0 Å². The molecule has 4 N–H and O–H groups in total. The highest BCUT2D eigenvalue weighted by molar-refractivity contribution is 5.67. The summed E-state index contributed by atoms with van der Waals surface area (Å²) < 4.78 is 4.97. The van der Waals surface area contributed by atoms with Crippen molar-refractivity contribution in [2.24, 2.45) is 5.92 Å². The normalized spacial score (nSPS) is 12.6. The standard InChI is InChI=1S/C10H22N2O4/c1-3-8(4-11-2)7-16-10(15)12-9(5-13)6-14/h8-9,11,13-14H,3-7H2,1-2H3,(H,12,15). The van der Waals surface area contributed by atoms with Crippen LogP contribution >= 0.6 is 0 Å². The minimum Gasteiger partial charge on any atom is -0.449 e. The molecule has 0 saturated carbocycles. The summed E-state index contributed by atoms with van der Waals surface area (Å²) in [6, 6.07) is -0.656. The Balaban J connectivity index is 3.78. The zero-order valence-corrected chi connectivity index (χ0v) is 9.90. The molecule has 0 rings (SSSR count). The first-order valence-corrected chi connectivity index (χ1v) is 5.47. The topological polar surface area (TPSA) is 90.8 Å². The van der Waals surface area contributed by atoms with Crippen LogP contribution in [0.15, 0.2) is 0 Å². The number of nitrogens with one attached hydrogen (secondary N) is 2. The van der Waals surface area contributed by atoms with Crippen molar-refractivity contribution in [3.63, 3.8) is 0 Å². The molecule has 1 amide bonds. The van der Waals surface area contributed by atoms with Gasteiger partial charge < -0.3 is 25.6 Å². The zero-order chi connectivity index (χ0) is 12.4. The number of aliphatic hydroxyl groups is 2. The third-order valence-corrected chi connectivity index (χ3v) is 2.28. The SMILES string of the molecule is CCC(CNC)COC(=O)NC(CO)CO. The fourth-order valence-electron chi connectivity index (χ4n) is 1.16. The van der Waals surface area contributed by atoms with E-state index in [1.54, 1.807) is 0 Å². The molecule has 16 heavy (non-hydrogen) atoms. The van der Waals surface area contributed by atoms with Crippen molar-refractivity contribution in [1.29, 1.82) is 0 Å². The van der Waals surface area contributed by atoms with Gasteiger partial charge in [0.2, 0.25) is 0 Å². The molecule has 6 heteroatoms. The Hall–Kier alpha value is -0.850. The quantitative estimate of drug-likeness (QED) is 0.446. The molecular weight excluding hydrogens is 212 g/mol.